The molecule has 2 aliphatic heterocycles. The zero-order valence-corrected chi connectivity index (χ0v) is 18.5. The summed E-state index contributed by atoms with van der Waals surface area (Å²) in [5.74, 6) is -0.481. The molecule has 2 atom stereocenters. The molecule has 2 fully saturated rings. The van der Waals surface area contributed by atoms with E-state index in [1.807, 2.05) is 17.0 Å². The highest BCUT2D eigenvalue weighted by molar-refractivity contribution is 5.78. The maximum atomic E-state index is 14.3. The Balaban J connectivity index is 1.48. The lowest BCUT2D eigenvalue weighted by molar-refractivity contribution is -0.384. The number of carbonyl (C=O) groups excluding carboxylic acids is 1. The van der Waals surface area contributed by atoms with Crippen molar-refractivity contribution in [2.75, 3.05) is 61.4 Å². The first-order chi connectivity index (χ1) is 15.8. The van der Waals surface area contributed by atoms with Crippen molar-refractivity contribution in [1.82, 2.24) is 9.88 Å². The highest BCUT2D eigenvalue weighted by Gasteiger charge is 2.33. The number of rotatable bonds is 6. The summed E-state index contributed by atoms with van der Waals surface area (Å²) in [6, 6.07) is 10.3. The van der Waals surface area contributed by atoms with Crippen LogP contribution in [0.2, 0.25) is 0 Å². The van der Waals surface area contributed by atoms with Gasteiger partial charge in [0.1, 0.15) is 12.0 Å². The number of pyridine rings is 1. The molecule has 2 aliphatic rings. The Morgan fingerprint density at radius 2 is 1.82 bits per heavy atom. The zero-order valence-electron chi connectivity index (χ0n) is 18.5. The van der Waals surface area contributed by atoms with Crippen molar-refractivity contribution in [1.29, 1.82) is 0 Å². The van der Waals surface area contributed by atoms with Gasteiger partial charge in [-0.05, 0) is 43.8 Å². The quantitative estimate of drug-likeness (QED) is 0.500. The van der Waals surface area contributed by atoms with E-state index in [-0.39, 0.29) is 18.1 Å². The molecule has 2 saturated heterocycles. The second kappa shape index (κ2) is 9.57. The van der Waals surface area contributed by atoms with E-state index in [0.717, 1.165) is 31.9 Å². The molecule has 0 bridgehead atoms. The minimum atomic E-state index is -1.31. The van der Waals surface area contributed by atoms with E-state index in [9.17, 15) is 19.3 Å². The van der Waals surface area contributed by atoms with E-state index in [1.165, 1.54) is 6.07 Å². The first-order valence-electron chi connectivity index (χ1n) is 11.0. The fraction of sp³-hybridized carbons (Fsp3) is 0.455. The third-order valence-electron chi connectivity index (χ3n) is 6.29. The van der Waals surface area contributed by atoms with E-state index in [0.29, 0.717) is 24.5 Å². The maximum Gasteiger partial charge on any atom is 0.311 e. The van der Waals surface area contributed by atoms with Crippen LogP contribution in [0.1, 0.15) is 6.42 Å². The summed E-state index contributed by atoms with van der Waals surface area (Å²) < 4.78 is 14.3. The normalized spacial score (nSPS) is 21.6. The number of aromatic nitrogens is 1. The lowest BCUT2D eigenvalue weighted by Crippen LogP contribution is -2.46. The van der Waals surface area contributed by atoms with Gasteiger partial charge in [-0.15, -0.1) is 0 Å². The summed E-state index contributed by atoms with van der Waals surface area (Å²) in [7, 11) is 2.06. The molecule has 0 spiro atoms. The van der Waals surface area contributed by atoms with Crippen LogP contribution < -0.4 is 20.9 Å². The number of alkyl halides is 1. The van der Waals surface area contributed by atoms with Gasteiger partial charge in [-0.2, -0.15) is 0 Å². The summed E-state index contributed by atoms with van der Waals surface area (Å²) in [6.07, 6.45) is -0.940. The van der Waals surface area contributed by atoms with Crippen molar-refractivity contribution < 1.29 is 14.1 Å². The summed E-state index contributed by atoms with van der Waals surface area (Å²) in [4.78, 5) is 33.2. The smallest absolute Gasteiger partial charge is 0.311 e. The average Bonchev–Trinajstić information content (AvgIpc) is 2.79. The van der Waals surface area contributed by atoms with Crippen LogP contribution in [-0.4, -0.2) is 73.2 Å². The number of hydrogen-bond donors (Lipinski definition) is 2. The van der Waals surface area contributed by atoms with Gasteiger partial charge in [0.25, 0.3) is 0 Å². The number of nitro groups is 1. The van der Waals surface area contributed by atoms with Crippen LogP contribution in [0.25, 0.3) is 0 Å². The molecule has 0 aliphatic carbocycles. The van der Waals surface area contributed by atoms with Gasteiger partial charge in [0.2, 0.25) is 11.7 Å². The number of benzene rings is 1. The standard InChI is InChI=1S/C22H28FN7O3/c1-27-10-12-28(13-11-27)20-7-6-19(30(32)33)22(26-20)25-15-2-4-16(5-3-15)29-9-8-17(21(24)31)18(23)14-29/h2-7,17-18H,8-14H2,1H3,(H2,24,31)(H,25,26). The number of amides is 1. The second-order valence-electron chi connectivity index (χ2n) is 8.52. The van der Waals surface area contributed by atoms with Crippen LogP contribution in [0.5, 0.6) is 0 Å². The van der Waals surface area contributed by atoms with Crippen LogP contribution in [0.4, 0.5) is 33.1 Å². The molecule has 3 heterocycles. The molecule has 0 radical (unpaired) electrons. The number of likely N-dealkylation sites (N-methyl/N-ethyl adjacent to an activating group) is 1. The molecule has 176 valence electrons. The SMILES string of the molecule is CN1CCN(c2ccc([N+](=O)[O-])c(Nc3ccc(N4CCC(C(N)=O)C(F)C4)cc3)n2)CC1. The van der Waals surface area contributed by atoms with Crippen LogP contribution in [-0.2, 0) is 4.79 Å². The summed E-state index contributed by atoms with van der Waals surface area (Å²) in [5, 5.41) is 14.6. The summed E-state index contributed by atoms with van der Waals surface area (Å²) >= 11 is 0. The van der Waals surface area contributed by atoms with Crippen molar-refractivity contribution in [3.05, 3.63) is 46.5 Å². The molecular weight excluding hydrogens is 429 g/mol. The second-order valence-corrected chi connectivity index (χ2v) is 8.52. The van der Waals surface area contributed by atoms with Crippen molar-refractivity contribution in [2.24, 2.45) is 11.7 Å². The molecule has 2 unspecified atom stereocenters. The van der Waals surface area contributed by atoms with Crippen LogP contribution >= 0.6 is 0 Å². The fourth-order valence-corrected chi connectivity index (χ4v) is 4.24. The molecule has 0 saturated carbocycles. The minimum Gasteiger partial charge on any atom is -0.369 e. The minimum absolute atomic E-state index is 0.0977. The average molecular weight is 458 g/mol. The number of nitrogens with zero attached hydrogens (tertiary/aromatic N) is 5. The number of halogens is 1. The number of piperazine rings is 1. The number of anilines is 4. The van der Waals surface area contributed by atoms with Gasteiger partial charge in [0.05, 0.1) is 10.8 Å². The number of hydrogen-bond acceptors (Lipinski definition) is 8. The topological polar surface area (TPSA) is 121 Å². The van der Waals surface area contributed by atoms with Crippen LogP contribution in [0.3, 0.4) is 0 Å². The van der Waals surface area contributed by atoms with Gasteiger partial charge in [0.15, 0.2) is 0 Å². The van der Waals surface area contributed by atoms with Crippen LogP contribution in [0.15, 0.2) is 36.4 Å². The largest absolute Gasteiger partial charge is 0.369 e. The number of nitrogens with one attached hydrogen (secondary N) is 1. The fourth-order valence-electron chi connectivity index (χ4n) is 4.24. The zero-order chi connectivity index (χ0) is 23.5. The Hall–Kier alpha value is -3.47. The summed E-state index contributed by atoms with van der Waals surface area (Å²) in [5.41, 5.74) is 6.60. The monoisotopic (exact) mass is 457 g/mol. The van der Waals surface area contributed by atoms with Gasteiger partial charge in [-0.25, -0.2) is 9.37 Å². The highest BCUT2D eigenvalue weighted by atomic mass is 19.1. The predicted molar refractivity (Wildman–Crippen MR) is 125 cm³/mol. The summed E-state index contributed by atoms with van der Waals surface area (Å²) in [6.45, 7) is 4.04. The number of carbonyl (C=O) groups is 1. The lowest BCUT2D eigenvalue weighted by Gasteiger charge is -2.34. The van der Waals surface area contributed by atoms with Crippen molar-refractivity contribution >= 4 is 34.6 Å². The molecule has 1 aromatic heterocycles. The van der Waals surface area contributed by atoms with E-state index < -0.39 is 22.9 Å². The molecule has 1 amide bonds. The van der Waals surface area contributed by atoms with E-state index in [4.69, 9.17) is 5.73 Å². The van der Waals surface area contributed by atoms with Gasteiger partial charge >= 0.3 is 5.69 Å². The molecule has 4 rings (SSSR count). The van der Waals surface area contributed by atoms with E-state index in [2.05, 4.69) is 27.1 Å². The first-order valence-corrected chi connectivity index (χ1v) is 11.0. The Morgan fingerprint density at radius 1 is 1.12 bits per heavy atom. The van der Waals surface area contributed by atoms with Gasteiger partial charge in [-0.1, -0.05) is 0 Å². The number of piperidine rings is 1. The van der Waals surface area contributed by atoms with E-state index in [1.54, 1.807) is 18.2 Å². The van der Waals surface area contributed by atoms with Crippen LogP contribution in [0, 0.1) is 16.0 Å². The maximum absolute atomic E-state index is 14.3. The van der Waals surface area contributed by atoms with E-state index >= 15 is 0 Å². The third-order valence-corrected chi connectivity index (χ3v) is 6.29. The molecule has 2 aromatic rings. The molecule has 3 N–H and O–H groups in total. The van der Waals surface area contributed by atoms with Gasteiger partial charge < -0.3 is 25.8 Å². The molecular formula is C22H28FN7O3. The molecule has 10 nitrogen and oxygen atoms in total. The molecule has 1 aromatic carbocycles. The first kappa shape index (κ1) is 22.7. The lowest BCUT2D eigenvalue weighted by atomic mass is 9.94. The predicted octanol–water partition coefficient (Wildman–Crippen LogP) is 2.13. The number of nitrogens with two attached hydrogens (primary N) is 1. The highest BCUT2D eigenvalue weighted by Crippen LogP contribution is 2.31. The van der Waals surface area contributed by atoms with Crippen molar-refractivity contribution in [3.63, 3.8) is 0 Å². The molecule has 33 heavy (non-hydrogen) atoms. The Bertz CT molecular complexity index is 1010. The third kappa shape index (κ3) is 5.14. The number of primary amides is 1. The van der Waals surface area contributed by atoms with Gasteiger partial charge in [0, 0.05) is 56.7 Å². The van der Waals surface area contributed by atoms with Gasteiger partial charge in [-0.3, -0.25) is 14.9 Å². The Morgan fingerprint density at radius 3 is 2.42 bits per heavy atom. The van der Waals surface area contributed by atoms with Crippen molar-refractivity contribution in [3.8, 4) is 0 Å². The Labute approximate surface area is 191 Å². The molecule has 11 heteroatoms. The van der Waals surface area contributed by atoms with Crippen molar-refractivity contribution in [2.45, 2.75) is 12.6 Å². The Kier molecular flexibility index (Phi) is 6.59.